The van der Waals surface area contributed by atoms with E-state index in [2.05, 4.69) is 0 Å². The topological polar surface area (TPSA) is 86.0 Å². The number of allylic oxidation sites excluding steroid dienone is 1. The molecule has 0 saturated carbocycles. The first kappa shape index (κ1) is 25.1. The van der Waals surface area contributed by atoms with Gasteiger partial charge in [0.05, 0.1) is 6.10 Å². The second-order valence-electron chi connectivity index (χ2n) is 8.11. The van der Waals surface area contributed by atoms with E-state index in [0.717, 1.165) is 22.1 Å². The van der Waals surface area contributed by atoms with Crippen LogP contribution in [0, 0.1) is 0 Å². The molecule has 1 heterocycles. The van der Waals surface area contributed by atoms with Crippen molar-refractivity contribution in [3.8, 4) is 5.75 Å². The molecule has 0 spiro atoms. The first-order valence-corrected chi connectivity index (χ1v) is 10.6. The number of aliphatic hydroxyl groups is 1. The van der Waals surface area contributed by atoms with Crippen molar-refractivity contribution in [3.63, 3.8) is 0 Å². The average Bonchev–Trinajstić information content (AvgIpc) is 2.69. The summed E-state index contributed by atoms with van der Waals surface area (Å²) in [4.78, 5) is 23.0. The van der Waals surface area contributed by atoms with Gasteiger partial charge in [-0.05, 0) is 64.0 Å². The van der Waals surface area contributed by atoms with E-state index in [1.165, 1.54) is 13.0 Å². The quantitative estimate of drug-likeness (QED) is 0.314. The minimum atomic E-state index is -0.528. The molecule has 0 radical (unpaired) electrons. The van der Waals surface area contributed by atoms with E-state index < -0.39 is 17.8 Å². The summed E-state index contributed by atoms with van der Waals surface area (Å²) in [6, 6.07) is 8.38. The summed E-state index contributed by atoms with van der Waals surface area (Å²) < 4.78 is 16.4. The Morgan fingerprint density at radius 3 is 2.50 bits per heavy atom. The molecule has 0 aliphatic rings. The van der Waals surface area contributed by atoms with Gasteiger partial charge in [0, 0.05) is 30.9 Å². The Kier molecular flexibility index (Phi) is 9.47. The number of rotatable bonds is 10. The molecular weight excluding hydrogens is 408 g/mol. The van der Waals surface area contributed by atoms with E-state index in [9.17, 15) is 14.7 Å². The van der Waals surface area contributed by atoms with Crippen molar-refractivity contribution in [1.29, 1.82) is 0 Å². The molecule has 6 heteroatoms. The van der Waals surface area contributed by atoms with Crippen LogP contribution in [0.3, 0.4) is 0 Å². The van der Waals surface area contributed by atoms with Crippen LogP contribution in [0.1, 0.15) is 47.5 Å². The lowest BCUT2D eigenvalue weighted by Gasteiger charge is -2.17. The Morgan fingerprint density at radius 1 is 1.09 bits per heavy atom. The summed E-state index contributed by atoms with van der Waals surface area (Å²) in [5.41, 5.74) is 3.00. The molecule has 2 unspecified atom stereocenters. The first-order valence-electron chi connectivity index (χ1n) is 10.6. The summed E-state index contributed by atoms with van der Waals surface area (Å²) in [5.74, 6) is 0.216. The lowest BCUT2D eigenvalue weighted by Crippen LogP contribution is -2.18. The molecule has 2 atom stereocenters. The number of carbonyl (C=O) groups is 1. The van der Waals surface area contributed by atoms with E-state index in [1.54, 1.807) is 18.2 Å². The molecule has 1 aromatic heterocycles. The van der Waals surface area contributed by atoms with Crippen molar-refractivity contribution < 1.29 is 23.8 Å². The van der Waals surface area contributed by atoms with Gasteiger partial charge in [-0.1, -0.05) is 23.3 Å². The number of esters is 1. The van der Waals surface area contributed by atoms with E-state index in [-0.39, 0.29) is 12.6 Å². The van der Waals surface area contributed by atoms with Gasteiger partial charge in [-0.25, -0.2) is 4.79 Å². The highest BCUT2D eigenvalue weighted by molar-refractivity contribution is 5.77. The van der Waals surface area contributed by atoms with Gasteiger partial charge in [-0.3, -0.25) is 4.79 Å². The Balaban J connectivity index is 2.02. The van der Waals surface area contributed by atoms with Crippen LogP contribution < -0.4 is 10.4 Å². The number of fused-ring (bicyclic) bond motifs is 1. The molecule has 2 aromatic rings. The van der Waals surface area contributed by atoms with Gasteiger partial charge >= 0.3 is 11.6 Å². The first-order chi connectivity index (χ1) is 15.1. The van der Waals surface area contributed by atoms with Crippen LogP contribution in [0.15, 0.2) is 74.5 Å². The third kappa shape index (κ3) is 8.55. The Hall–Kier alpha value is -3.12. The molecule has 0 fully saturated rings. The molecule has 32 heavy (non-hydrogen) atoms. The zero-order chi connectivity index (χ0) is 23.7. The maximum atomic E-state index is 11.6. The number of hydrogen-bond donors (Lipinski definition) is 1. The van der Waals surface area contributed by atoms with Crippen LogP contribution in [-0.4, -0.2) is 29.9 Å². The smallest absolute Gasteiger partial charge is 0.336 e. The molecule has 6 nitrogen and oxygen atoms in total. The van der Waals surface area contributed by atoms with Crippen molar-refractivity contribution in [2.75, 3.05) is 6.61 Å². The van der Waals surface area contributed by atoms with Crippen molar-refractivity contribution in [2.24, 2.45) is 0 Å². The fraction of sp³-hybridized carbons (Fsp3) is 0.385. The minimum absolute atomic E-state index is 0.272. The second-order valence-corrected chi connectivity index (χ2v) is 8.11. The lowest BCUT2D eigenvalue weighted by atomic mass is 10.0. The summed E-state index contributed by atoms with van der Waals surface area (Å²) in [6.07, 6.45) is 5.76. The van der Waals surface area contributed by atoms with Gasteiger partial charge in [0.25, 0.3) is 0 Å². The lowest BCUT2D eigenvalue weighted by molar-refractivity contribution is -0.144. The largest absolute Gasteiger partial charge is 0.489 e. The molecule has 2 rings (SSSR count). The summed E-state index contributed by atoms with van der Waals surface area (Å²) in [6.45, 7) is 9.39. The van der Waals surface area contributed by atoms with Gasteiger partial charge in [0.2, 0.25) is 0 Å². The van der Waals surface area contributed by atoms with Crippen LogP contribution in [0.2, 0.25) is 0 Å². The highest BCUT2D eigenvalue weighted by Crippen LogP contribution is 2.20. The molecule has 0 amide bonds. The van der Waals surface area contributed by atoms with Gasteiger partial charge in [-0.2, -0.15) is 0 Å². The normalized spacial score (nSPS) is 14.1. The molecule has 1 aromatic carbocycles. The monoisotopic (exact) mass is 440 g/mol. The van der Waals surface area contributed by atoms with Crippen LogP contribution in [0.25, 0.3) is 11.0 Å². The summed E-state index contributed by atoms with van der Waals surface area (Å²) in [7, 11) is 0. The van der Waals surface area contributed by atoms with Crippen LogP contribution in [-0.2, 0) is 9.53 Å². The van der Waals surface area contributed by atoms with E-state index in [1.807, 2.05) is 52.0 Å². The van der Waals surface area contributed by atoms with Crippen LogP contribution in [0.4, 0.5) is 0 Å². The molecular formula is C26H32O6. The fourth-order valence-electron chi connectivity index (χ4n) is 3.22. The van der Waals surface area contributed by atoms with Crippen molar-refractivity contribution >= 4 is 16.9 Å². The third-order valence-corrected chi connectivity index (χ3v) is 4.80. The van der Waals surface area contributed by atoms with Gasteiger partial charge in [-0.15, -0.1) is 0 Å². The SMILES string of the molecule is CC(=O)OC(CC=C(C)CC(O)C=C(C)C)C(C)=CCOc1ccc2ccc(=O)oc2c1. The predicted octanol–water partition coefficient (Wildman–Crippen LogP) is 5.10. The zero-order valence-corrected chi connectivity index (χ0v) is 19.4. The Labute approximate surface area is 188 Å². The standard InChI is InChI=1S/C26H32O6/c1-17(2)14-22(28)15-18(3)6-10-24(31-20(5)27)19(4)12-13-30-23-9-7-21-8-11-26(29)32-25(21)16-23/h6-9,11-12,14,16,22,24,28H,10,13,15H2,1-5H3. The molecule has 0 aliphatic heterocycles. The maximum absolute atomic E-state index is 11.6. The van der Waals surface area contributed by atoms with Gasteiger partial charge < -0.3 is 19.0 Å². The van der Waals surface area contributed by atoms with Crippen molar-refractivity contribution in [1.82, 2.24) is 0 Å². The van der Waals surface area contributed by atoms with E-state index in [4.69, 9.17) is 13.9 Å². The molecule has 0 saturated heterocycles. The van der Waals surface area contributed by atoms with Gasteiger partial charge in [0.1, 0.15) is 24.0 Å². The predicted molar refractivity (Wildman–Crippen MR) is 126 cm³/mol. The molecule has 0 aliphatic carbocycles. The van der Waals surface area contributed by atoms with Gasteiger partial charge in [0.15, 0.2) is 0 Å². The van der Waals surface area contributed by atoms with E-state index in [0.29, 0.717) is 24.2 Å². The number of ether oxygens (including phenoxy) is 2. The number of benzene rings is 1. The van der Waals surface area contributed by atoms with Crippen LogP contribution in [0.5, 0.6) is 5.75 Å². The van der Waals surface area contributed by atoms with Crippen molar-refractivity contribution in [2.45, 2.75) is 59.7 Å². The summed E-state index contributed by atoms with van der Waals surface area (Å²) in [5, 5.41) is 10.9. The minimum Gasteiger partial charge on any atom is -0.489 e. The summed E-state index contributed by atoms with van der Waals surface area (Å²) >= 11 is 0. The highest BCUT2D eigenvalue weighted by Gasteiger charge is 2.13. The highest BCUT2D eigenvalue weighted by atomic mass is 16.5. The van der Waals surface area contributed by atoms with E-state index >= 15 is 0 Å². The fourth-order valence-corrected chi connectivity index (χ4v) is 3.22. The zero-order valence-electron chi connectivity index (χ0n) is 19.4. The molecule has 0 bridgehead atoms. The second kappa shape index (κ2) is 12.1. The van der Waals surface area contributed by atoms with Crippen molar-refractivity contribution in [3.05, 3.63) is 75.7 Å². The Bertz CT molecular complexity index is 1070. The third-order valence-electron chi connectivity index (χ3n) is 4.80. The molecule has 1 N–H and O–H groups in total. The maximum Gasteiger partial charge on any atom is 0.336 e. The number of aliphatic hydroxyl groups excluding tert-OH is 1. The average molecular weight is 441 g/mol. The van der Waals surface area contributed by atoms with Crippen LogP contribution >= 0.6 is 0 Å². The number of hydrogen-bond acceptors (Lipinski definition) is 6. The molecule has 172 valence electrons. The number of carbonyl (C=O) groups excluding carboxylic acids is 1. The Morgan fingerprint density at radius 2 is 1.81 bits per heavy atom.